The van der Waals surface area contributed by atoms with Crippen LogP contribution in [-0.2, 0) is 4.79 Å². The van der Waals surface area contributed by atoms with Crippen LogP contribution >= 0.6 is 46.4 Å². The minimum Gasteiger partial charge on any atom is -0.481 e. The van der Waals surface area contributed by atoms with Crippen molar-refractivity contribution in [3.05, 3.63) is 10.1 Å². The van der Waals surface area contributed by atoms with Crippen molar-refractivity contribution in [2.45, 2.75) is 22.6 Å². The first kappa shape index (κ1) is 10.9. The average molecular weight is 276 g/mol. The number of rotatable bonds is 1. The van der Waals surface area contributed by atoms with Gasteiger partial charge in [-0.1, -0.05) is 23.2 Å². The smallest absolute Gasteiger partial charge is 0.308 e. The molecule has 2 rings (SSSR count). The summed E-state index contributed by atoms with van der Waals surface area (Å²) in [6, 6.07) is 0. The molecule has 0 spiro atoms. The van der Waals surface area contributed by atoms with Crippen molar-refractivity contribution in [3.63, 3.8) is 0 Å². The number of carbonyl (C=O) groups is 1. The normalized spacial score (nSPS) is 46.1. The molecule has 0 radical (unpaired) electrons. The van der Waals surface area contributed by atoms with E-state index in [0.29, 0.717) is 5.03 Å². The first-order valence-corrected chi connectivity index (χ1v) is 5.49. The van der Waals surface area contributed by atoms with Gasteiger partial charge in [0.15, 0.2) is 0 Å². The van der Waals surface area contributed by atoms with Crippen molar-refractivity contribution < 1.29 is 9.90 Å². The highest BCUT2D eigenvalue weighted by molar-refractivity contribution is 6.51. The second-order valence-electron chi connectivity index (χ2n) is 3.73. The molecular formula is C8H6Cl4O2. The van der Waals surface area contributed by atoms with Crippen molar-refractivity contribution in [1.82, 2.24) is 0 Å². The SMILES string of the molecule is O=C(O)[C@@H]1C[C@]2(Cl)C[C@]1(Cl)C(Cl)=C2Cl. The Morgan fingerprint density at radius 3 is 2.29 bits per heavy atom. The van der Waals surface area contributed by atoms with E-state index in [0.717, 1.165) is 0 Å². The zero-order chi connectivity index (χ0) is 10.7. The van der Waals surface area contributed by atoms with Crippen LogP contribution in [0.15, 0.2) is 10.1 Å². The molecule has 0 aromatic carbocycles. The zero-order valence-electron chi connectivity index (χ0n) is 6.86. The van der Waals surface area contributed by atoms with Gasteiger partial charge in [0.2, 0.25) is 0 Å². The quantitative estimate of drug-likeness (QED) is 0.747. The number of halogens is 4. The Balaban J connectivity index is 2.50. The third-order valence-electron chi connectivity index (χ3n) is 2.87. The number of allylic oxidation sites excluding steroid dienone is 2. The molecule has 1 fully saturated rings. The maximum absolute atomic E-state index is 10.9. The summed E-state index contributed by atoms with van der Waals surface area (Å²) in [6.45, 7) is 0. The van der Waals surface area contributed by atoms with Gasteiger partial charge < -0.3 is 5.11 Å². The number of alkyl halides is 2. The molecule has 0 aromatic heterocycles. The van der Waals surface area contributed by atoms with Crippen LogP contribution in [0.1, 0.15) is 12.8 Å². The molecule has 0 unspecified atom stereocenters. The van der Waals surface area contributed by atoms with Crippen LogP contribution < -0.4 is 0 Å². The Morgan fingerprint density at radius 2 is 1.93 bits per heavy atom. The van der Waals surface area contributed by atoms with Gasteiger partial charge >= 0.3 is 5.97 Å². The summed E-state index contributed by atoms with van der Waals surface area (Å²) in [5.74, 6) is -1.73. The number of fused-ring (bicyclic) bond motifs is 2. The number of carboxylic acids is 1. The van der Waals surface area contributed by atoms with E-state index in [2.05, 4.69) is 0 Å². The monoisotopic (exact) mass is 274 g/mol. The van der Waals surface area contributed by atoms with Crippen molar-refractivity contribution in [3.8, 4) is 0 Å². The third kappa shape index (κ3) is 1.15. The van der Waals surface area contributed by atoms with Gasteiger partial charge in [0.1, 0.15) is 0 Å². The van der Waals surface area contributed by atoms with Crippen LogP contribution in [-0.4, -0.2) is 20.8 Å². The van der Waals surface area contributed by atoms with Gasteiger partial charge in [0, 0.05) is 0 Å². The highest BCUT2D eigenvalue weighted by Gasteiger charge is 2.65. The second-order valence-corrected chi connectivity index (χ2v) is 5.88. The maximum atomic E-state index is 10.9. The fourth-order valence-corrected chi connectivity index (χ4v) is 3.96. The minimum absolute atomic E-state index is 0.189. The summed E-state index contributed by atoms with van der Waals surface area (Å²) in [5.41, 5.74) is 0. The van der Waals surface area contributed by atoms with Gasteiger partial charge in [-0.05, 0) is 12.8 Å². The van der Waals surface area contributed by atoms with Crippen LogP contribution in [0.3, 0.4) is 0 Å². The van der Waals surface area contributed by atoms with E-state index in [9.17, 15) is 4.79 Å². The molecule has 2 aliphatic carbocycles. The molecule has 3 atom stereocenters. The molecule has 0 aliphatic heterocycles. The molecule has 0 heterocycles. The molecule has 78 valence electrons. The molecular weight excluding hydrogens is 270 g/mol. The number of aliphatic carboxylic acids is 1. The van der Waals surface area contributed by atoms with Crippen LogP contribution in [0.25, 0.3) is 0 Å². The third-order valence-corrected chi connectivity index (χ3v) is 5.30. The van der Waals surface area contributed by atoms with E-state index in [-0.39, 0.29) is 17.9 Å². The van der Waals surface area contributed by atoms with Gasteiger partial charge in [-0.25, -0.2) is 0 Å². The topological polar surface area (TPSA) is 37.3 Å². The lowest BCUT2D eigenvalue weighted by Crippen LogP contribution is -2.33. The van der Waals surface area contributed by atoms with Gasteiger partial charge in [-0.2, -0.15) is 0 Å². The van der Waals surface area contributed by atoms with Crippen LogP contribution in [0.4, 0.5) is 0 Å². The Hall–Kier alpha value is 0.370. The highest BCUT2D eigenvalue weighted by Crippen LogP contribution is 2.65. The number of hydrogen-bond acceptors (Lipinski definition) is 1. The summed E-state index contributed by atoms with van der Waals surface area (Å²) < 4.78 is 0. The maximum Gasteiger partial charge on any atom is 0.308 e. The zero-order valence-corrected chi connectivity index (χ0v) is 9.88. The van der Waals surface area contributed by atoms with Crippen molar-refractivity contribution in [1.29, 1.82) is 0 Å². The van der Waals surface area contributed by atoms with E-state index < -0.39 is 21.6 Å². The molecule has 14 heavy (non-hydrogen) atoms. The Bertz CT molecular complexity index is 353. The first-order chi connectivity index (χ1) is 6.31. The molecule has 0 saturated heterocycles. The molecule has 0 aromatic rings. The molecule has 0 amide bonds. The standard InChI is InChI=1S/C8H6Cl4O2/c9-4-5(10)8(12)2-7(4,11)1-3(8)6(13)14/h3H,1-2H2,(H,13,14)/t3-,7-,8+/m0/s1. The van der Waals surface area contributed by atoms with E-state index in [4.69, 9.17) is 51.5 Å². The first-order valence-electron chi connectivity index (χ1n) is 3.98. The van der Waals surface area contributed by atoms with E-state index in [1.165, 1.54) is 0 Å². The summed E-state index contributed by atoms with van der Waals surface area (Å²) >= 11 is 24.1. The summed E-state index contributed by atoms with van der Waals surface area (Å²) in [5, 5.41) is 9.44. The number of hydrogen-bond donors (Lipinski definition) is 1. The van der Waals surface area contributed by atoms with Crippen LogP contribution in [0.2, 0.25) is 0 Å². The van der Waals surface area contributed by atoms with Gasteiger partial charge in [-0.3, -0.25) is 4.79 Å². The van der Waals surface area contributed by atoms with E-state index >= 15 is 0 Å². The average Bonchev–Trinajstić information content (AvgIpc) is 2.44. The Morgan fingerprint density at radius 1 is 1.36 bits per heavy atom. The summed E-state index contributed by atoms with van der Waals surface area (Å²) in [7, 11) is 0. The van der Waals surface area contributed by atoms with Crippen LogP contribution in [0, 0.1) is 5.92 Å². The Kier molecular flexibility index (Phi) is 2.29. The predicted octanol–water partition coefficient (Wildman–Crippen LogP) is 3.14. The van der Waals surface area contributed by atoms with Crippen LogP contribution in [0.5, 0.6) is 0 Å². The molecule has 2 bridgehead atoms. The van der Waals surface area contributed by atoms with Gasteiger partial charge in [-0.15, -0.1) is 23.2 Å². The van der Waals surface area contributed by atoms with Crippen molar-refractivity contribution in [2.24, 2.45) is 5.92 Å². The van der Waals surface area contributed by atoms with Crippen molar-refractivity contribution >= 4 is 52.4 Å². The number of carboxylic acid groups (broad SMARTS) is 1. The van der Waals surface area contributed by atoms with Gasteiger partial charge in [0.25, 0.3) is 0 Å². The predicted molar refractivity (Wildman–Crippen MR) is 56.3 cm³/mol. The lowest BCUT2D eigenvalue weighted by atomic mass is 9.92. The summed E-state index contributed by atoms with van der Waals surface area (Å²) in [4.78, 5) is 8.95. The fraction of sp³-hybridized carbons (Fsp3) is 0.625. The largest absolute Gasteiger partial charge is 0.481 e. The van der Waals surface area contributed by atoms with Crippen molar-refractivity contribution in [2.75, 3.05) is 0 Å². The minimum atomic E-state index is -1.10. The summed E-state index contributed by atoms with van der Waals surface area (Å²) in [6.07, 6.45) is 0.528. The van der Waals surface area contributed by atoms with E-state index in [1.54, 1.807) is 0 Å². The Labute approximate surface area is 101 Å². The van der Waals surface area contributed by atoms with E-state index in [1.807, 2.05) is 0 Å². The van der Waals surface area contributed by atoms with Gasteiger partial charge in [0.05, 0.1) is 25.7 Å². The lowest BCUT2D eigenvalue weighted by molar-refractivity contribution is -0.142. The lowest BCUT2D eigenvalue weighted by Gasteiger charge is -2.26. The highest BCUT2D eigenvalue weighted by atomic mass is 35.5. The molecule has 1 N–H and O–H groups in total. The fourth-order valence-electron chi connectivity index (χ4n) is 2.15. The molecule has 2 nitrogen and oxygen atoms in total. The molecule has 2 aliphatic rings. The second kappa shape index (κ2) is 2.94. The molecule has 1 saturated carbocycles. The molecule has 6 heteroatoms.